The van der Waals surface area contributed by atoms with Gasteiger partial charge in [0.25, 0.3) is 0 Å². The molecule has 128 valence electrons. The molecule has 0 radical (unpaired) electrons. The molecule has 2 fully saturated rings. The van der Waals surface area contributed by atoms with Gasteiger partial charge in [0, 0.05) is 35.6 Å². The molecule has 4 nitrogen and oxygen atoms in total. The van der Waals surface area contributed by atoms with Gasteiger partial charge in [-0.05, 0) is 17.7 Å². The molecular weight excluding hydrogens is 397 g/mol. The summed E-state index contributed by atoms with van der Waals surface area (Å²) in [6, 6.07) is 6.64. The predicted molar refractivity (Wildman–Crippen MR) is 83.6 cm³/mol. The third kappa shape index (κ3) is 3.42. The van der Waals surface area contributed by atoms with E-state index in [1.807, 2.05) is 24.3 Å². The van der Waals surface area contributed by atoms with Crippen molar-refractivity contribution in [3.63, 3.8) is 0 Å². The minimum atomic E-state index is -4.27. The van der Waals surface area contributed by atoms with Crippen LogP contribution in [0.3, 0.4) is 0 Å². The molecule has 23 heavy (non-hydrogen) atoms. The van der Waals surface area contributed by atoms with Crippen molar-refractivity contribution in [3.05, 3.63) is 34.3 Å². The molecule has 0 amide bonds. The van der Waals surface area contributed by atoms with Gasteiger partial charge in [0.2, 0.25) is 10.0 Å². The normalized spacial score (nSPS) is 29.3. The first kappa shape index (κ1) is 17.2. The summed E-state index contributed by atoms with van der Waals surface area (Å²) in [6.07, 6.45) is -3.16. The van der Waals surface area contributed by atoms with Crippen molar-refractivity contribution in [1.29, 1.82) is 0 Å². The van der Waals surface area contributed by atoms with Crippen molar-refractivity contribution < 1.29 is 21.6 Å². The van der Waals surface area contributed by atoms with Crippen LogP contribution < -0.4 is 0 Å². The van der Waals surface area contributed by atoms with Gasteiger partial charge in [0.15, 0.2) is 0 Å². The van der Waals surface area contributed by atoms with E-state index in [9.17, 15) is 21.6 Å². The lowest BCUT2D eigenvalue weighted by atomic mass is 9.74. The highest BCUT2D eigenvalue weighted by Gasteiger charge is 2.58. The Labute approximate surface area is 141 Å². The van der Waals surface area contributed by atoms with E-state index in [2.05, 4.69) is 15.9 Å². The molecule has 2 atom stereocenters. The summed E-state index contributed by atoms with van der Waals surface area (Å²) in [7, 11) is -3.43. The number of piperidine rings is 1. The summed E-state index contributed by atoms with van der Waals surface area (Å²) in [4.78, 5) is 1.30. The topological polar surface area (TPSA) is 40.6 Å². The van der Waals surface area contributed by atoms with Crippen LogP contribution >= 0.6 is 15.9 Å². The number of nitrogens with zero attached hydrogens (tertiary/aromatic N) is 2. The summed E-state index contributed by atoms with van der Waals surface area (Å²) in [5.41, 5.74) is 0.967. The lowest BCUT2D eigenvalue weighted by Gasteiger charge is -2.60. The SMILES string of the molecule is CS(=O)(=O)N1C2CN(CC(F)(F)F)CC1C2c1ccc(Br)cc1. The number of rotatable bonds is 3. The van der Waals surface area contributed by atoms with Gasteiger partial charge in [0.05, 0.1) is 12.8 Å². The first-order valence-corrected chi connectivity index (χ1v) is 9.73. The Kier molecular flexibility index (Phi) is 4.27. The van der Waals surface area contributed by atoms with Gasteiger partial charge in [-0.15, -0.1) is 0 Å². The number of halogens is 4. The van der Waals surface area contributed by atoms with E-state index in [1.165, 1.54) is 9.21 Å². The number of hydrogen-bond donors (Lipinski definition) is 0. The van der Waals surface area contributed by atoms with E-state index < -0.39 is 34.8 Å². The van der Waals surface area contributed by atoms with Gasteiger partial charge >= 0.3 is 6.18 Å². The van der Waals surface area contributed by atoms with E-state index in [1.54, 1.807) is 0 Å². The fourth-order valence-corrected chi connectivity index (χ4v) is 5.36. The molecule has 2 aliphatic rings. The Bertz CT molecular complexity index is 679. The highest BCUT2D eigenvalue weighted by molar-refractivity contribution is 9.10. The van der Waals surface area contributed by atoms with Gasteiger partial charge in [-0.25, -0.2) is 8.42 Å². The second-order valence-electron chi connectivity index (χ2n) is 6.11. The molecule has 0 spiro atoms. The number of piperazine rings is 1. The molecule has 2 aliphatic heterocycles. The van der Waals surface area contributed by atoms with Crippen LogP contribution in [-0.2, 0) is 10.0 Å². The van der Waals surface area contributed by atoms with Gasteiger partial charge in [-0.1, -0.05) is 28.1 Å². The van der Waals surface area contributed by atoms with Crippen LogP contribution in [0.1, 0.15) is 11.5 Å². The molecule has 2 heterocycles. The van der Waals surface area contributed by atoms with Crippen LogP contribution in [0.5, 0.6) is 0 Å². The minimum absolute atomic E-state index is 0.0534. The fraction of sp³-hybridized carbons (Fsp3) is 0.571. The first-order valence-electron chi connectivity index (χ1n) is 7.09. The summed E-state index contributed by atoms with van der Waals surface area (Å²) >= 11 is 3.34. The summed E-state index contributed by atoms with van der Waals surface area (Å²) < 4.78 is 63.9. The Hall–Kier alpha value is -0.640. The van der Waals surface area contributed by atoms with E-state index in [4.69, 9.17) is 0 Å². The Morgan fingerprint density at radius 2 is 1.70 bits per heavy atom. The summed E-state index contributed by atoms with van der Waals surface area (Å²) in [6.45, 7) is -0.793. The van der Waals surface area contributed by atoms with Gasteiger partial charge in [-0.2, -0.15) is 17.5 Å². The van der Waals surface area contributed by atoms with Crippen LogP contribution in [0.2, 0.25) is 0 Å². The molecule has 1 aromatic carbocycles. The maximum absolute atomic E-state index is 12.6. The largest absolute Gasteiger partial charge is 0.401 e. The van der Waals surface area contributed by atoms with E-state index in [0.29, 0.717) is 0 Å². The number of likely N-dealkylation sites (tertiary alicyclic amines) is 1. The molecule has 0 aliphatic carbocycles. The van der Waals surface area contributed by atoms with Crippen LogP contribution in [0.25, 0.3) is 0 Å². The molecule has 0 N–H and O–H groups in total. The zero-order valence-electron chi connectivity index (χ0n) is 12.3. The number of benzene rings is 1. The maximum Gasteiger partial charge on any atom is 0.401 e. The van der Waals surface area contributed by atoms with Crippen molar-refractivity contribution in [2.75, 3.05) is 25.9 Å². The van der Waals surface area contributed by atoms with Crippen molar-refractivity contribution in [1.82, 2.24) is 9.21 Å². The highest BCUT2D eigenvalue weighted by atomic mass is 79.9. The summed E-state index contributed by atoms with van der Waals surface area (Å²) in [5, 5.41) is 0. The minimum Gasteiger partial charge on any atom is -0.292 e. The van der Waals surface area contributed by atoms with Crippen molar-refractivity contribution in [2.24, 2.45) is 0 Å². The number of hydrogen-bond acceptors (Lipinski definition) is 3. The first-order chi connectivity index (χ1) is 10.6. The van der Waals surface area contributed by atoms with E-state index in [0.717, 1.165) is 16.3 Å². The second kappa shape index (κ2) is 5.72. The molecule has 0 aromatic heterocycles. The van der Waals surface area contributed by atoms with E-state index in [-0.39, 0.29) is 19.0 Å². The molecule has 2 unspecified atom stereocenters. The second-order valence-corrected chi connectivity index (χ2v) is 8.92. The molecule has 0 saturated carbocycles. The zero-order valence-corrected chi connectivity index (χ0v) is 14.7. The van der Waals surface area contributed by atoms with Crippen LogP contribution in [-0.4, -0.2) is 61.8 Å². The third-order valence-electron chi connectivity index (χ3n) is 4.41. The predicted octanol–water partition coefficient (Wildman–Crippen LogP) is 2.42. The lowest BCUT2D eigenvalue weighted by Crippen LogP contribution is -2.74. The van der Waals surface area contributed by atoms with Gasteiger partial charge in [-0.3, -0.25) is 4.90 Å². The lowest BCUT2D eigenvalue weighted by molar-refractivity contribution is -0.162. The Morgan fingerprint density at radius 3 is 2.13 bits per heavy atom. The number of alkyl halides is 3. The van der Waals surface area contributed by atoms with Crippen molar-refractivity contribution >= 4 is 26.0 Å². The van der Waals surface area contributed by atoms with E-state index >= 15 is 0 Å². The number of fused-ring (bicyclic) bond motifs is 2. The molecule has 2 saturated heterocycles. The van der Waals surface area contributed by atoms with Crippen molar-refractivity contribution in [3.8, 4) is 0 Å². The Morgan fingerprint density at radius 1 is 1.17 bits per heavy atom. The standard InChI is InChI=1S/C14H16BrF3N2O2S/c1-23(21,22)20-11-6-19(8-14(16,17)18)7-12(20)13(11)9-2-4-10(15)5-3-9/h2-5,11-13H,6-8H2,1H3. The maximum atomic E-state index is 12.6. The molecule has 3 rings (SSSR count). The molecule has 9 heteroatoms. The molecular formula is C14H16BrF3N2O2S. The monoisotopic (exact) mass is 412 g/mol. The van der Waals surface area contributed by atoms with Crippen molar-refractivity contribution in [2.45, 2.75) is 24.2 Å². The van der Waals surface area contributed by atoms with Crippen LogP contribution in [0.4, 0.5) is 13.2 Å². The smallest absolute Gasteiger partial charge is 0.292 e. The zero-order chi connectivity index (χ0) is 17.0. The average Bonchev–Trinajstić information content (AvgIpc) is 2.37. The molecule has 1 aromatic rings. The average molecular weight is 413 g/mol. The van der Waals surface area contributed by atoms with Crippen LogP contribution in [0, 0.1) is 0 Å². The number of sulfonamides is 1. The fourth-order valence-electron chi connectivity index (χ4n) is 3.71. The summed E-state index contributed by atoms with van der Waals surface area (Å²) in [5.74, 6) is -0.0534. The molecule has 2 bridgehead atoms. The Balaban J connectivity index is 1.84. The van der Waals surface area contributed by atoms with Gasteiger partial charge in [0.1, 0.15) is 0 Å². The van der Waals surface area contributed by atoms with Gasteiger partial charge < -0.3 is 0 Å². The third-order valence-corrected chi connectivity index (χ3v) is 6.25. The van der Waals surface area contributed by atoms with Crippen LogP contribution in [0.15, 0.2) is 28.7 Å². The quantitative estimate of drug-likeness (QED) is 0.765. The highest BCUT2D eigenvalue weighted by Crippen LogP contribution is 2.46.